The van der Waals surface area contributed by atoms with Gasteiger partial charge in [0.2, 0.25) is 0 Å². The molecule has 60 valence electrons. The van der Waals surface area contributed by atoms with Crippen LogP contribution in [0.15, 0.2) is 12.3 Å². The van der Waals surface area contributed by atoms with Gasteiger partial charge in [0.15, 0.2) is 0 Å². The molecule has 0 aromatic carbocycles. The van der Waals surface area contributed by atoms with Crippen LogP contribution in [0.2, 0.25) is 0 Å². The standard InChI is InChI=1S/C8H13N3/c1-7-3-2-6-11-8(10-7)4-5-9-11/h4-5,7,10H,2-3,6H2,1H3. The highest BCUT2D eigenvalue weighted by molar-refractivity contribution is 5.35. The lowest BCUT2D eigenvalue weighted by molar-refractivity contribution is 0.573. The van der Waals surface area contributed by atoms with Crippen LogP contribution in [0.1, 0.15) is 19.8 Å². The van der Waals surface area contributed by atoms with Gasteiger partial charge in [-0.05, 0) is 19.8 Å². The zero-order chi connectivity index (χ0) is 7.68. The SMILES string of the molecule is CC1CCCn2nccc2N1. The van der Waals surface area contributed by atoms with Crippen molar-refractivity contribution in [3.8, 4) is 0 Å². The van der Waals surface area contributed by atoms with Crippen molar-refractivity contribution in [2.45, 2.75) is 32.4 Å². The average molecular weight is 151 g/mol. The zero-order valence-electron chi connectivity index (χ0n) is 6.75. The number of anilines is 1. The summed E-state index contributed by atoms with van der Waals surface area (Å²) in [5, 5.41) is 7.61. The van der Waals surface area contributed by atoms with E-state index in [9.17, 15) is 0 Å². The molecule has 0 amide bonds. The van der Waals surface area contributed by atoms with E-state index in [4.69, 9.17) is 0 Å². The summed E-state index contributed by atoms with van der Waals surface area (Å²) in [6, 6.07) is 2.62. The molecule has 3 nitrogen and oxygen atoms in total. The monoisotopic (exact) mass is 151 g/mol. The van der Waals surface area contributed by atoms with Gasteiger partial charge in [0.1, 0.15) is 5.82 Å². The molecule has 0 fully saturated rings. The minimum Gasteiger partial charge on any atom is -0.368 e. The van der Waals surface area contributed by atoms with Gasteiger partial charge in [0.25, 0.3) is 0 Å². The van der Waals surface area contributed by atoms with Crippen LogP contribution in [0, 0.1) is 0 Å². The number of aryl methyl sites for hydroxylation is 1. The highest BCUT2D eigenvalue weighted by Gasteiger charge is 2.10. The van der Waals surface area contributed by atoms with Crippen molar-refractivity contribution in [1.29, 1.82) is 0 Å². The third-order valence-electron chi connectivity index (χ3n) is 2.12. The van der Waals surface area contributed by atoms with Crippen LogP contribution >= 0.6 is 0 Å². The lowest BCUT2D eigenvalue weighted by atomic mass is 10.2. The molecule has 0 radical (unpaired) electrons. The van der Waals surface area contributed by atoms with E-state index in [0.717, 1.165) is 12.4 Å². The molecule has 2 heterocycles. The third-order valence-corrected chi connectivity index (χ3v) is 2.12. The fraction of sp³-hybridized carbons (Fsp3) is 0.625. The predicted octanol–water partition coefficient (Wildman–Crippen LogP) is 1.48. The first-order valence-electron chi connectivity index (χ1n) is 4.14. The second kappa shape index (κ2) is 2.57. The number of fused-ring (bicyclic) bond motifs is 1. The minimum atomic E-state index is 0.591. The second-order valence-corrected chi connectivity index (χ2v) is 3.13. The molecule has 1 aliphatic heterocycles. The maximum Gasteiger partial charge on any atom is 0.124 e. The van der Waals surface area contributed by atoms with Gasteiger partial charge in [0.05, 0.1) is 6.20 Å². The number of hydrogen-bond acceptors (Lipinski definition) is 2. The lowest BCUT2D eigenvalue weighted by Crippen LogP contribution is -2.13. The van der Waals surface area contributed by atoms with Gasteiger partial charge in [0, 0.05) is 18.7 Å². The Hall–Kier alpha value is -0.990. The van der Waals surface area contributed by atoms with E-state index in [1.807, 2.05) is 16.9 Å². The first kappa shape index (κ1) is 6.70. The Bertz CT molecular complexity index is 241. The van der Waals surface area contributed by atoms with Crippen LogP contribution in [0.5, 0.6) is 0 Å². The van der Waals surface area contributed by atoms with E-state index >= 15 is 0 Å². The summed E-state index contributed by atoms with van der Waals surface area (Å²) in [5.41, 5.74) is 0. The molecule has 1 atom stereocenters. The van der Waals surface area contributed by atoms with Gasteiger partial charge < -0.3 is 5.32 Å². The van der Waals surface area contributed by atoms with Crippen molar-refractivity contribution in [2.24, 2.45) is 0 Å². The highest BCUT2D eigenvalue weighted by Crippen LogP contribution is 2.15. The first-order chi connectivity index (χ1) is 5.36. The largest absolute Gasteiger partial charge is 0.368 e. The summed E-state index contributed by atoms with van der Waals surface area (Å²) in [6.45, 7) is 3.27. The molecule has 0 spiro atoms. The summed E-state index contributed by atoms with van der Waals surface area (Å²) in [6.07, 6.45) is 4.31. The minimum absolute atomic E-state index is 0.591. The van der Waals surface area contributed by atoms with Crippen LogP contribution in [0.3, 0.4) is 0 Å². The van der Waals surface area contributed by atoms with E-state index in [0.29, 0.717) is 6.04 Å². The Balaban J connectivity index is 2.26. The van der Waals surface area contributed by atoms with E-state index < -0.39 is 0 Å². The molecule has 0 saturated carbocycles. The van der Waals surface area contributed by atoms with Crippen LogP contribution in [0.4, 0.5) is 5.82 Å². The van der Waals surface area contributed by atoms with Gasteiger partial charge in [-0.2, -0.15) is 5.10 Å². The summed E-state index contributed by atoms with van der Waals surface area (Å²) in [4.78, 5) is 0. The van der Waals surface area contributed by atoms with Crippen LogP contribution < -0.4 is 5.32 Å². The van der Waals surface area contributed by atoms with Crippen molar-refractivity contribution >= 4 is 5.82 Å². The molecule has 1 unspecified atom stereocenters. The predicted molar refractivity (Wildman–Crippen MR) is 44.5 cm³/mol. The van der Waals surface area contributed by atoms with Crippen molar-refractivity contribution in [3.05, 3.63) is 12.3 Å². The fourth-order valence-corrected chi connectivity index (χ4v) is 1.51. The molecular formula is C8H13N3. The number of nitrogens with zero attached hydrogens (tertiary/aromatic N) is 2. The Kier molecular flexibility index (Phi) is 1.56. The van der Waals surface area contributed by atoms with Gasteiger partial charge in [-0.25, -0.2) is 4.68 Å². The smallest absolute Gasteiger partial charge is 0.124 e. The molecule has 0 bridgehead atoms. The quantitative estimate of drug-likeness (QED) is 0.608. The molecule has 3 heteroatoms. The highest BCUT2D eigenvalue weighted by atomic mass is 15.3. The third kappa shape index (κ3) is 1.23. The maximum absolute atomic E-state index is 4.21. The molecule has 1 aromatic heterocycles. The molecule has 1 aliphatic rings. The molecule has 1 aromatic rings. The van der Waals surface area contributed by atoms with E-state index in [1.165, 1.54) is 12.8 Å². The number of hydrogen-bond donors (Lipinski definition) is 1. The second-order valence-electron chi connectivity index (χ2n) is 3.13. The molecular weight excluding hydrogens is 138 g/mol. The van der Waals surface area contributed by atoms with E-state index in [2.05, 4.69) is 17.3 Å². The molecule has 0 saturated heterocycles. The molecule has 11 heavy (non-hydrogen) atoms. The van der Waals surface area contributed by atoms with Crippen LogP contribution in [-0.4, -0.2) is 15.8 Å². The maximum atomic E-state index is 4.21. The Morgan fingerprint density at radius 2 is 2.64 bits per heavy atom. The van der Waals surface area contributed by atoms with Crippen LogP contribution in [-0.2, 0) is 6.54 Å². The Morgan fingerprint density at radius 3 is 3.55 bits per heavy atom. The fourth-order valence-electron chi connectivity index (χ4n) is 1.51. The van der Waals surface area contributed by atoms with Gasteiger partial charge in [-0.1, -0.05) is 0 Å². The number of aromatic nitrogens is 2. The average Bonchev–Trinajstić information content (AvgIpc) is 2.31. The Morgan fingerprint density at radius 1 is 1.73 bits per heavy atom. The molecule has 2 rings (SSSR count). The summed E-state index contributed by atoms with van der Waals surface area (Å²) < 4.78 is 2.03. The van der Waals surface area contributed by atoms with Crippen molar-refractivity contribution in [2.75, 3.05) is 5.32 Å². The number of nitrogens with one attached hydrogen (secondary N) is 1. The van der Waals surface area contributed by atoms with Gasteiger partial charge in [-0.15, -0.1) is 0 Å². The molecule has 1 N–H and O–H groups in total. The van der Waals surface area contributed by atoms with Crippen LogP contribution in [0.25, 0.3) is 0 Å². The topological polar surface area (TPSA) is 29.9 Å². The molecule has 0 aliphatic carbocycles. The van der Waals surface area contributed by atoms with Gasteiger partial charge in [-0.3, -0.25) is 0 Å². The van der Waals surface area contributed by atoms with E-state index in [1.54, 1.807) is 0 Å². The number of rotatable bonds is 0. The lowest BCUT2D eigenvalue weighted by Gasteiger charge is -2.09. The zero-order valence-corrected chi connectivity index (χ0v) is 6.75. The van der Waals surface area contributed by atoms with Crippen molar-refractivity contribution in [1.82, 2.24) is 9.78 Å². The normalized spacial score (nSPS) is 23.5. The summed E-state index contributed by atoms with van der Waals surface area (Å²) in [5.74, 6) is 1.16. The summed E-state index contributed by atoms with van der Waals surface area (Å²) >= 11 is 0. The summed E-state index contributed by atoms with van der Waals surface area (Å²) in [7, 11) is 0. The van der Waals surface area contributed by atoms with E-state index in [-0.39, 0.29) is 0 Å². The first-order valence-corrected chi connectivity index (χ1v) is 4.14. The van der Waals surface area contributed by atoms with Crippen molar-refractivity contribution < 1.29 is 0 Å². The van der Waals surface area contributed by atoms with Gasteiger partial charge >= 0.3 is 0 Å². The van der Waals surface area contributed by atoms with Crippen molar-refractivity contribution in [3.63, 3.8) is 0 Å². The Labute approximate surface area is 66.4 Å².